The average molecular weight is 283 g/mol. The summed E-state index contributed by atoms with van der Waals surface area (Å²) in [6.45, 7) is 1.87. The summed E-state index contributed by atoms with van der Waals surface area (Å²) >= 11 is 1.52. The molecule has 3 nitrogen and oxygen atoms in total. The second kappa shape index (κ2) is 7.31. The van der Waals surface area contributed by atoms with Gasteiger partial charge >= 0.3 is 0 Å². The van der Waals surface area contributed by atoms with Crippen LogP contribution in [0.1, 0.15) is 12.5 Å². The van der Waals surface area contributed by atoms with E-state index in [9.17, 15) is 14.3 Å². The van der Waals surface area contributed by atoms with E-state index in [0.29, 0.717) is 5.75 Å². The van der Waals surface area contributed by atoms with Crippen molar-refractivity contribution in [1.29, 1.82) is 0 Å². The van der Waals surface area contributed by atoms with Crippen LogP contribution >= 0.6 is 11.8 Å². The van der Waals surface area contributed by atoms with Crippen LogP contribution in [0.5, 0.6) is 0 Å². The highest BCUT2D eigenvalue weighted by Crippen LogP contribution is 2.09. The second-order valence-electron chi connectivity index (χ2n) is 4.53. The molecule has 2 N–H and O–H groups in total. The van der Waals surface area contributed by atoms with Crippen molar-refractivity contribution in [3.05, 3.63) is 41.7 Å². The summed E-state index contributed by atoms with van der Waals surface area (Å²) < 4.78 is 12.7. The molecule has 1 aromatic rings. The molecule has 0 fully saturated rings. The summed E-state index contributed by atoms with van der Waals surface area (Å²) in [7, 11) is 0. The highest BCUT2D eigenvalue weighted by molar-refractivity contribution is 7.98. The van der Waals surface area contributed by atoms with E-state index in [2.05, 4.69) is 5.32 Å². The number of carbonyl (C=O) groups excluding carboxylic acids is 1. The van der Waals surface area contributed by atoms with Crippen molar-refractivity contribution in [2.24, 2.45) is 0 Å². The highest BCUT2D eigenvalue weighted by Gasteiger charge is 2.19. The van der Waals surface area contributed by atoms with Gasteiger partial charge in [-0.3, -0.25) is 4.79 Å². The Bertz CT molecular complexity index is 443. The van der Waals surface area contributed by atoms with Crippen LogP contribution in [0.2, 0.25) is 0 Å². The third-order valence-corrected chi connectivity index (χ3v) is 3.31. The SMILES string of the molecule is CSC[C@](C)(O)CNC(=O)/C=C\c1ccc(F)cc1. The highest BCUT2D eigenvalue weighted by atomic mass is 32.2. The number of thioether (sulfide) groups is 1. The molecule has 1 aromatic carbocycles. The van der Waals surface area contributed by atoms with E-state index in [0.717, 1.165) is 5.56 Å². The molecule has 0 heterocycles. The van der Waals surface area contributed by atoms with Crippen LogP contribution < -0.4 is 5.32 Å². The third kappa shape index (κ3) is 6.40. The number of hydrogen-bond acceptors (Lipinski definition) is 3. The monoisotopic (exact) mass is 283 g/mol. The van der Waals surface area contributed by atoms with E-state index in [1.807, 2.05) is 6.26 Å². The minimum atomic E-state index is -0.918. The van der Waals surface area contributed by atoms with Gasteiger partial charge in [-0.1, -0.05) is 12.1 Å². The van der Waals surface area contributed by atoms with Crippen molar-refractivity contribution < 1.29 is 14.3 Å². The van der Waals surface area contributed by atoms with E-state index < -0.39 is 5.60 Å². The van der Waals surface area contributed by atoms with Crippen molar-refractivity contribution in [2.45, 2.75) is 12.5 Å². The molecule has 1 rings (SSSR count). The minimum Gasteiger partial charge on any atom is -0.387 e. The van der Waals surface area contributed by atoms with E-state index in [1.165, 1.54) is 30.0 Å². The molecular formula is C14H18FNO2S. The molecule has 0 spiro atoms. The van der Waals surface area contributed by atoms with E-state index in [-0.39, 0.29) is 18.3 Å². The lowest BCUT2D eigenvalue weighted by atomic mass is 10.1. The Morgan fingerprint density at radius 2 is 2.11 bits per heavy atom. The molecule has 0 saturated carbocycles. The molecule has 0 unspecified atom stereocenters. The Balaban J connectivity index is 2.45. The molecule has 0 bridgehead atoms. The number of halogens is 1. The quantitative estimate of drug-likeness (QED) is 0.786. The fourth-order valence-corrected chi connectivity index (χ4v) is 2.17. The molecule has 0 aromatic heterocycles. The van der Waals surface area contributed by atoms with Crippen molar-refractivity contribution in [2.75, 3.05) is 18.6 Å². The molecule has 0 radical (unpaired) electrons. The Morgan fingerprint density at radius 3 is 2.68 bits per heavy atom. The number of aliphatic hydroxyl groups is 1. The van der Waals surface area contributed by atoms with Gasteiger partial charge < -0.3 is 10.4 Å². The largest absolute Gasteiger partial charge is 0.387 e. The summed E-state index contributed by atoms with van der Waals surface area (Å²) in [5.74, 6) is -0.0463. The van der Waals surface area contributed by atoms with E-state index >= 15 is 0 Å². The Hall–Kier alpha value is -1.33. The van der Waals surface area contributed by atoms with Gasteiger partial charge in [0.15, 0.2) is 0 Å². The zero-order valence-corrected chi connectivity index (χ0v) is 11.8. The van der Waals surface area contributed by atoms with E-state index in [4.69, 9.17) is 0 Å². The molecule has 19 heavy (non-hydrogen) atoms. The summed E-state index contributed by atoms with van der Waals surface area (Å²) in [4.78, 5) is 11.5. The van der Waals surface area contributed by atoms with Crippen molar-refractivity contribution in [3.8, 4) is 0 Å². The second-order valence-corrected chi connectivity index (χ2v) is 5.40. The normalized spacial score (nSPS) is 14.3. The fourth-order valence-electron chi connectivity index (χ4n) is 1.44. The van der Waals surface area contributed by atoms with Crippen LogP contribution in [0.15, 0.2) is 30.3 Å². The summed E-state index contributed by atoms with van der Waals surface area (Å²) in [6.07, 6.45) is 4.85. The van der Waals surface area contributed by atoms with Crippen LogP contribution in [0.25, 0.3) is 6.08 Å². The van der Waals surface area contributed by atoms with Gasteiger partial charge in [0.25, 0.3) is 0 Å². The summed E-state index contributed by atoms with van der Waals surface area (Å²) in [6, 6.07) is 5.84. The number of carbonyl (C=O) groups is 1. The molecule has 0 saturated heterocycles. The lowest BCUT2D eigenvalue weighted by molar-refractivity contribution is -0.117. The van der Waals surface area contributed by atoms with Crippen molar-refractivity contribution in [3.63, 3.8) is 0 Å². The van der Waals surface area contributed by atoms with Gasteiger partial charge in [0.2, 0.25) is 5.91 Å². The lowest BCUT2D eigenvalue weighted by Crippen LogP contribution is -2.41. The van der Waals surface area contributed by atoms with Gasteiger partial charge in [-0.05, 0) is 37.0 Å². The summed E-state index contributed by atoms with van der Waals surface area (Å²) in [5.41, 5.74) is -0.175. The fraction of sp³-hybridized carbons (Fsp3) is 0.357. The third-order valence-electron chi connectivity index (χ3n) is 2.40. The summed E-state index contributed by atoms with van der Waals surface area (Å²) in [5, 5.41) is 12.5. The Labute approximate surface area is 116 Å². The molecule has 0 aliphatic rings. The molecular weight excluding hydrogens is 265 g/mol. The first-order valence-corrected chi connectivity index (χ1v) is 7.25. The molecule has 1 amide bonds. The zero-order valence-electron chi connectivity index (χ0n) is 11.0. The minimum absolute atomic E-state index is 0.195. The van der Waals surface area contributed by atoms with Gasteiger partial charge in [0.05, 0.1) is 5.60 Å². The van der Waals surface area contributed by atoms with Gasteiger partial charge in [0, 0.05) is 18.4 Å². The van der Waals surface area contributed by atoms with Crippen molar-refractivity contribution in [1.82, 2.24) is 5.32 Å². The van der Waals surface area contributed by atoms with Crippen molar-refractivity contribution >= 4 is 23.7 Å². The van der Waals surface area contributed by atoms with Crippen LogP contribution in [-0.4, -0.2) is 35.2 Å². The first kappa shape index (κ1) is 15.7. The first-order valence-electron chi connectivity index (χ1n) is 5.86. The number of hydrogen-bond donors (Lipinski definition) is 2. The average Bonchev–Trinajstić information content (AvgIpc) is 2.36. The van der Waals surface area contributed by atoms with E-state index in [1.54, 1.807) is 25.1 Å². The van der Waals surface area contributed by atoms with Gasteiger partial charge in [-0.2, -0.15) is 11.8 Å². The van der Waals surface area contributed by atoms with Crippen LogP contribution in [0.4, 0.5) is 4.39 Å². The maximum absolute atomic E-state index is 12.7. The number of benzene rings is 1. The Kier molecular flexibility index (Phi) is 6.05. The lowest BCUT2D eigenvalue weighted by Gasteiger charge is -2.21. The maximum atomic E-state index is 12.7. The maximum Gasteiger partial charge on any atom is 0.244 e. The molecule has 5 heteroatoms. The van der Waals surface area contributed by atoms with Gasteiger partial charge in [0.1, 0.15) is 5.82 Å². The molecule has 0 aliphatic heterocycles. The standard InChI is InChI=1S/C14H18FNO2S/c1-14(18,10-19-2)9-16-13(17)8-5-11-3-6-12(15)7-4-11/h3-8,18H,9-10H2,1-2H3,(H,16,17)/b8-5-/t14-/m1/s1. The van der Waals surface area contributed by atoms with Crippen LogP contribution in [0.3, 0.4) is 0 Å². The van der Waals surface area contributed by atoms with Crippen LogP contribution in [0, 0.1) is 5.82 Å². The predicted molar refractivity (Wildman–Crippen MR) is 77.4 cm³/mol. The molecule has 0 aliphatic carbocycles. The predicted octanol–water partition coefficient (Wildman–Crippen LogP) is 2.07. The smallest absolute Gasteiger partial charge is 0.244 e. The Morgan fingerprint density at radius 1 is 1.47 bits per heavy atom. The number of rotatable bonds is 6. The first-order chi connectivity index (χ1) is 8.93. The zero-order chi connectivity index (χ0) is 14.3. The van der Waals surface area contributed by atoms with Crippen LogP contribution in [-0.2, 0) is 4.79 Å². The van der Waals surface area contributed by atoms with Gasteiger partial charge in [-0.15, -0.1) is 0 Å². The topological polar surface area (TPSA) is 49.3 Å². The van der Waals surface area contributed by atoms with Gasteiger partial charge in [-0.25, -0.2) is 4.39 Å². The molecule has 1 atom stereocenters. The number of nitrogens with one attached hydrogen (secondary N) is 1. The number of amides is 1. The molecule has 104 valence electrons.